The molecule has 0 saturated carbocycles. The molecule has 0 amide bonds. The van der Waals surface area contributed by atoms with E-state index < -0.39 is 0 Å². The second-order valence-electron chi connectivity index (χ2n) is 14.8. The molecule has 0 atom stereocenters. The summed E-state index contributed by atoms with van der Waals surface area (Å²) >= 11 is 0. The summed E-state index contributed by atoms with van der Waals surface area (Å²) in [7, 11) is 0. The Labute approximate surface area is 305 Å². The topological polar surface area (TPSA) is 38.7 Å². The van der Waals surface area contributed by atoms with Gasteiger partial charge in [0.25, 0.3) is 0 Å². The van der Waals surface area contributed by atoms with E-state index in [0.29, 0.717) is 17.5 Å². The van der Waals surface area contributed by atoms with Crippen molar-refractivity contribution in [3.63, 3.8) is 0 Å². The van der Waals surface area contributed by atoms with E-state index in [0.717, 1.165) is 22.1 Å². The molecule has 1 aromatic heterocycles. The number of benzene rings is 7. The molecule has 7 aromatic carbocycles. The van der Waals surface area contributed by atoms with E-state index in [-0.39, 0.29) is 10.8 Å². The van der Waals surface area contributed by atoms with Crippen LogP contribution >= 0.6 is 0 Å². The van der Waals surface area contributed by atoms with Crippen LogP contribution in [0.5, 0.6) is 0 Å². The highest BCUT2D eigenvalue weighted by atomic mass is 15.0. The van der Waals surface area contributed by atoms with Crippen LogP contribution in [0.4, 0.5) is 0 Å². The highest BCUT2D eigenvalue weighted by Crippen LogP contribution is 2.57. The average molecular weight is 670 g/mol. The molecule has 0 saturated heterocycles. The van der Waals surface area contributed by atoms with Gasteiger partial charge in [-0.25, -0.2) is 15.0 Å². The van der Waals surface area contributed by atoms with Crippen LogP contribution in [0.3, 0.4) is 0 Å². The molecular weight excluding hydrogens is 631 g/mol. The summed E-state index contributed by atoms with van der Waals surface area (Å²) in [5, 5.41) is 2.28. The van der Waals surface area contributed by atoms with E-state index in [1.54, 1.807) is 0 Å². The third kappa shape index (κ3) is 5.07. The first-order valence-corrected chi connectivity index (χ1v) is 18.0. The molecule has 52 heavy (non-hydrogen) atoms. The summed E-state index contributed by atoms with van der Waals surface area (Å²) in [6, 6.07) is 58.2. The molecule has 3 heteroatoms. The van der Waals surface area contributed by atoms with Crippen LogP contribution in [0, 0.1) is 0 Å². The zero-order chi connectivity index (χ0) is 35.5. The lowest BCUT2D eigenvalue weighted by atomic mass is 9.54. The highest BCUT2D eigenvalue weighted by Gasteiger charge is 2.46. The molecule has 0 N–H and O–H groups in total. The first-order valence-electron chi connectivity index (χ1n) is 18.0. The van der Waals surface area contributed by atoms with Crippen LogP contribution < -0.4 is 0 Å². The van der Waals surface area contributed by atoms with Gasteiger partial charge in [-0.1, -0.05) is 185 Å². The number of rotatable bonds is 5. The minimum atomic E-state index is -0.122. The number of fused-ring (bicyclic) bond motifs is 4. The van der Waals surface area contributed by atoms with E-state index in [1.165, 1.54) is 49.9 Å². The molecule has 0 spiro atoms. The first-order chi connectivity index (χ1) is 25.3. The third-order valence-corrected chi connectivity index (χ3v) is 11.5. The van der Waals surface area contributed by atoms with E-state index in [2.05, 4.69) is 155 Å². The summed E-state index contributed by atoms with van der Waals surface area (Å²) in [5.74, 6) is 1.98. The van der Waals surface area contributed by atoms with Gasteiger partial charge in [-0.2, -0.15) is 0 Å². The number of hydrogen-bond donors (Lipinski definition) is 0. The van der Waals surface area contributed by atoms with Gasteiger partial charge in [0, 0.05) is 16.7 Å². The van der Waals surface area contributed by atoms with E-state index in [1.807, 2.05) is 36.4 Å². The molecule has 1 aliphatic carbocycles. The van der Waals surface area contributed by atoms with Crippen molar-refractivity contribution in [2.45, 2.75) is 38.5 Å². The Balaban J connectivity index is 1.26. The molecular formula is C49H39N3. The van der Waals surface area contributed by atoms with Gasteiger partial charge in [-0.3, -0.25) is 0 Å². The molecule has 0 bridgehead atoms. The van der Waals surface area contributed by atoms with Crippen molar-refractivity contribution in [2.75, 3.05) is 0 Å². The zero-order valence-electron chi connectivity index (χ0n) is 29.9. The first kappa shape index (κ1) is 31.8. The Bertz CT molecular complexity index is 2550. The summed E-state index contributed by atoms with van der Waals surface area (Å²) in [5.41, 5.74) is 13.0. The monoisotopic (exact) mass is 669 g/mol. The van der Waals surface area contributed by atoms with E-state index >= 15 is 0 Å². The average Bonchev–Trinajstić information content (AvgIpc) is 3.20. The molecule has 0 aliphatic heterocycles. The maximum atomic E-state index is 5.10. The Morgan fingerprint density at radius 3 is 1.42 bits per heavy atom. The fourth-order valence-electron chi connectivity index (χ4n) is 8.02. The maximum absolute atomic E-state index is 5.10. The molecule has 1 heterocycles. The third-order valence-electron chi connectivity index (χ3n) is 11.5. The molecule has 3 nitrogen and oxygen atoms in total. The van der Waals surface area contributed by atoms with Gasteiger partial charge in [-0.15, -0.1) is 0 Å². The van der Waals surface area contributed by atoms with Crippen LogP contribution in [-0.4, -0.2) is 15.0 Å². The summed E-state index contributed by atoms with van der Waals surface area (Å²) in [6.45, 7) is 9.62. The quantitative estimate of drug-likeness (QED) is 0.183. The Morgan fingerprint density at radius 2 is 0.808 bits per heavy atom. The van der Waals surface area contributed by atoms with Gasteiger partial charge < -0.3 is 0 Å². The predicted molar refractivity (Wildman–Crippen MR) is 216 cm³/mol. The van der Waals surface area contributed by atoms with Crippen LogP contribution in [0.15, 0.2) is 164 Å². The van der Waals surface area contributed by atoms with Gasteiger partial charge >= 0.3 is 0 Å². The summed E-state index contributed by atoms with van der Waals surface area (Å²) < 4.78 is 0. The van der Waals surface area contributed by atoms with Crippen molar-refractivity contribution < 1.29 is 0 Å². The summed E-state index contributed by atoms with van der Waals surface area (Å²) in [4.78, 5) is 15.1. The maximum Gasteiger partial charge on any atom is 0.164 e. The minimum Gasteiger partial charge on any atom is -0.208 e. The lowest BCUT2D eigenvalue weighted by molar-refractivity contribution is 0.299. The summed E-state index contributed by atoms with van der Waals surface area (Å²) in [6.07, 6.45) is 0. The fourth-order valence-corrected chi connectivity index (χ4v) is 8.02. The molecule has 8 aromatic rings. The smallest absolute Gasteiger partial charge is 0.164 e. The second kappa shape index (κ2) is 12.2. The van der Waals surface area contributed by atoms with Crippen molar-refractivity contribution >= 4 is 10.8 Å². The molecule has 0 unspecified atom stereocenters. The van der Waals surface area contributed by atoms with Gasteiger partial charge in [0.1, 0.15) is 0 Å². The van der Waals surface area contributed by atoms with Gasteiger partial charge in [0.05, 0.1) is 0 Å². The Morgan fingerprint density at radius 1 is 0.327 bits per heavy atom. The SMILES string of the molecule is CC1(C)c2cc(-c3ccccc3)ccc2-c2c(-c3cccc4c(-c5nc(-c6ccccc6)nc(-c6ccccc6)n5)cccc34)cccc2C1(C)C. The number of aromatic nitrogens is 3. The van der Waals surface area contributed by atoms with Crippen molar-refractivity contribution in [3.05, 3.63) is 175 Å². The normalized spacial score (nSPS) is 14.1. The van der Waals surface area contributed by atoms with Crippen molar-refractivity contribution in [3.8, 4) is 67.5 Å². The molecule has 0 radical (unpaired) electrons. The lowest BCUT2D eigenvalue weighted by Gasteiger charge is -2.49. The predicted octanol–water partition coefficient (Wildman–Crippen LogP) is 12.6. The van der Waals surface area contributed by atoms with Gasteiger partial charge in [-0.05, 0) is 72.2 Å². The van der Waals surface area contributed by atoms with E-state index in [9.17, 15) is 0 Å². The highest BCUT2D eigenvalue weighted by molar-refractivity contribution is 6.06. The van der Waals surface area contributed by atoms with Crippen molar-refractivity contribution in [1.29, 1.82) is 0 Å². The van der Waals surface area contributed by atoms with Crippen molar-refractivity contribution in [2.24, 2.45) is 0 Å². The van der Waals surface area contributed by atoms with Gasteiger partial charge in [0.2, 0.25) is 0 Å². The Kier molecular flexibility index (Phi) is 7.48. The molecule has 9 rings (SSSR count). The number of hydrogen-bond acceptors (Lipinski definition) is 3. The number of nitrogens with zero attached hydrogens (tertiary/aromatic N) is 3. The van der Waals surface area contributed by atoms with Crippen LogP contribution in [0.1, 0.15) is 38.8 Å². The lowest BCUT2D eigenvalue weighted by Crippen LogP contribution is -2.43. The standard InChI is InChI=1S/C49H39N3/c1-48(2)42-28-16-26-39(44(42)41-30-29-35(31-43(41)49(48,3)4)32-17-8-5-9-18-32)37-24-14-25-38-36(37)23-15-27-40(38)47-51-45(33-19-10-6-11-20-33)50-46(52-47)34-21-12-7-13-22-34/h5-31H,1-4H3. The zero-order valence-corrected chi connectivity index (χ0v) is 29.9. The van der Waals surface area contributed by atoms with Crippen LogP contribution in [0.25, 0.3) is 78.3 Å². The molecule has 0 fully saturated rings. The second-order valence-corrected chi connectivity index (χ2v) is 14.8. The molecule has 1 aliphatic rings. The fraction of sp³-hybridized carbons (Fsp3) is 0.122. The minimum absolute atomic E-state index is 0.101. The van der Waals surface area contributed by atoms with E-state index in [4.69, 9.17) is 15.0 Å². The van der Waals surface area contributed by atoms with Crippen LogP contribution in [0.2, 0.25) is 0 Å². The van der Waals surface area contributed by atoms with Gasteiger partial charge in [0.15, 0.2) is 17.5 Å². The van der Waals surface area contributed by atoms with Crippen molar-refractivity contribution in [1.82, 2.24) is 15.0 Å². The van der Waals surface area contributed by atoms with Crippen LogP contribution in [-0.2, 0) is 10.8 Å². The molecule has 250 valence electrons. The Hall–Kier alpha value is -6.19. The largest absolute Gasteiger partial charge is 0.208 e.